The van der Waals surface area contributed by atoms with E-state index in [-0.39, 0.29) is 0 Å². The molecule has 0 saturated heterocycles. The molecule has 3 heterocycles. The number of anilines is 2. The van der Waals surface area contributed by atoms with E-state index in [1.165, 1.54) is 31.3 Å². The molecule has 0 radical (unpaired) electrons. The van der Waals surface area contributed by atoms with Gasteiger partial charge in [0.2, 0.25) is 5.95 Å². The van der Waals surface area contributed by atoms with Gasteiger partial charge in [-0.3, -0.25) is 0 Å². The van der Waals surface area contributed by atoms with Crippen molar-refractivity contribution in [2.75, 3.05) is 24.3 Å². The van der Waals surface area contributed by atoms with Crippen molar-refractivity contribution in [3.63, 3.8) is 0 Å². The third-order valence-electron chi connectivity index (χ3n) is 6.11. The van der Waals surface area contributed by atoms with E-state index in [0.717, 1.165) is 42.1 Å². The van der Waals surface area contributed by atoms with Crippen LogP contribution in [0.4, 0.5) is 11.8 Å². The van der Waals surface area contributed by atoms with Crippen LogP contribution in [-0.4, -0.2) is 36.1 Å². The Morgan fingerprint density at radius 2 is 1.64 bits per heavy atom. The van der Waals surface area contributed by atoms with Crippen LogP contribution in [0, 0.1) is 0 Å². The number of para-hydroxylation sites is 1. The highest BCUT2D eigenvalue weighted by Gasteiger charge is 2.22. The smallest absolute Gasteiger partial charge is 0.225 e. The SMILES string of the molecule is CN(C)c1nc(N[C@H]2CC[C@@H](NCc3ccc(-c4ccc(Br)s4)s3)CC2)nc2ccccc12. The average Bonchev–Trinajstić information content (AvgIpc) is 3.47. The number of hydrogen-bond donors (Lipinski definition) is 2. The van der Waals surface area contributed by atoms with Gasteiger partial charge in [0.1, 0.15) is 5.82 Å². The summed E-state index contributed by atoms with van der Waals surface area (Å²) in [6.45, 7) is 0.944. The fourth-order valence-electron chi connectivity index (χ4n) is 4.39. The quantitative estimate of drug-likeness (QED) is 0.270. The fourth-order valence-corrected chi connectivity index (χ4v) is 6.82. The van der Waals surface area contributed by atoms with Gasteiger partial charge in [0, 0.05) is 52.7 Å². The Kier molecular flexibility index (Phi) is 6.97. The Bertz CT molecular complexity index is 1230. The number of hydrogen-bond acceptors (Lipinski definition) is 7. The molecule has 0 spiro atoms. The lowest BCUT2D eigenvalue weighted by Crippen LogP contribution is -2.36. The van der Waals surface area contributed by atoms with E-state index >= 15 is 0 Å². The number of halogens is 1. The Balaban J connectivity index is 1.15. The zero-order chi connectivity index (χ0) is 22.8. The summed E-state index contributed by atoms with van der Waals surface area (Å²) < 4.78 is 1.18. The molecular weight excluding hydrogens is 514 g/mol. The van der Waals surface area contributed by atoms with Gasteiger partial charge in [0.15, 0.2) is 0 Å². The molecule has 3 aromatic heterocycles. The lowest BCUT2D eigenvalue weighted by molar-refractivity contribution is 0.353. The van der Waals surface area contributed by atoms with Gasteiger partial charge in [-0.05, 0) is 78.0 Å². The second-order valence-corrected chi connectivity index (χ2v) is 12.4. The minimum absolute atomic E-state index is 0.421. The summed E-state index contributed by atoms with van der Waals surface area (Å²) in [7, 11) is 4.07. The van der Waals surface area contributed by atoms with Crippen molar-refractivity contribution in [1.82, 2.24) is 15.3 Å². The molecule has 1 fully saturated rings. The maximum atomic E-state index is 4.81. The molecule has 1 saturated carbocycles. The number of thiophene rings is 2. The first-order valence-electron chi connectivity index (χ1n) is 11.3. The Morgan fingerprint density at radius 3 is 2.39 bits per heavy atom. The van der Waals surface area contributed by atoms with E-state index in [1.807, 2.05) is 37.6 Å². The molecule has 172 valence electrons. The molecule has 8 heteroatoms. The van der Waals surface area contributed by atoms with Crippen molar-refractivity contribution < 1.29 is 0 Å². The summed E-state index contributed by atoms with van der Waals surface area (Å²) >= 11 is 7.24. The maximum absolute atomic E-state index is 4.81. The summed E-state index contributed by atoms with van der Waals surface area (Å²) in [5, 5.41) is 8.48. The van der Waals surface area contributed by atoms with Crippen LogP contribution in [0.3, 0.4) is 0 Å². The van der Waals surface area contributed by atoms with Crippen LogP contribution in [0.2, 0.25) is 0 Å². The largest absolute Gasteiger partial charge is 0.362 e. The second kappa shape index (κ2) is 10.1. The first-order chi connectivity index (χ1) is 16.0. The lowest BCUT2D eigenvalue weighted by Gasteiger charge is -2.30. The molecule has 0 aliphatic heterocycles. The molecule has 33 heavy (non-hydrogen) atoms. The van der Waals surface area contributed by atoms with Crippen LogP contribution >= 0.6 is 38.6 Å². The van der Waals surface area contributed by atoms with Crippen molar-refractivity contribution in [2.24, 2.45) is 0 Å². The first kappa shape index (κ1) is 22.8. The first-order valence-corrected chi connectivity index (χ1v) is 13.8. The molecule has 0 unspecified atom stereocenters. The number of nitrogens with one attached hydrogen (secondary N) is 2. The zero-order valence-corrected chi connectivity index (χ0v) is 22.1. The lowest BCUT2D eigenvalue weighted by atomic mass is 9.91. The molecule has 5 rings (SSSR count). The minimum Gasteiger partial charge on any atom is -0.362 e. The molecule has 5 nitrogen and oxygen atoms in total. The van der Waals surface area contributed by atoms with Gasteiger partial charge in [-0.1, -0.05) is 12.1 Å². The van der Waals surface area contributed by atoms with Gasteiger partial charge in [0.25, 0.3) is 0 Å². The molecule has 0 bridgehead atoms. The molecule has 2 N–H and O–H groups in total. The van der Waals surface area contributed by atoms with E-state index in [4.69, 9.17) is 9.97 Å². The van der Waals surface area contributed by atoms with Gasteiger partial charge in [-0.15, -0.1) is 22.7 Å². The van der Waals surface area contributed by atoms with Crippen LogP contribution in [-0.2, 0) is 6.54 Å². The summed E-state index contributed by atoms with van der Waals surface area (Å²) in [6, 6.07) is 18.0. The van der Waals surface area contributed by atoms with Crippen LogP contribution in [0.25, 0.3) is 20.7 Å². The van der Waals surface area contributed by atoms with E-state index in [1.54, 1.807) is 11.3 Å². The van der Waals surface area contributed by atoms with Gasteiger partial charge in [0.05, 0.1) is 9.30 Å². The normalized spacial score (nSPS) is 18.5. The van der Waals surface area contributed by atoms with E-state index in [9.17, 15) is 0 Å². The van der Waals surface area contributed by atoms with Crippen LogP contribution in [0.1, 0.15) is 30.6 Å². The van der Waals surface area contributed by atoms with Crippen LogP contribution in [0.15, 0.2) is 52.3 Å². The molecule has 1 aliphatic carbocycles. The van der Waals surface area contributed by atoms with Crippen molar-refractivity contribution >= 4 is 61.3 Å². The van der Waals surface area contributed by atoms with Gasteiger partial charge in [-0.25, -0.2) is 4.98 Å². The summed E-state index contributed by atoms with van der Waals surface area (Å²) in [6.07, 6.45) is 4.60. The van der Waals surface area contributed by atoms with Gasteiger partial charge in [-0.2, -0.15) is 4.98 Å². The molecule has 4 aromatic rings. The van der Waals surface area contributed by atoms with Gasteiger partial charge < -0.3 is 15.5 Å². The van der Waals surface area contributed by atoms with Crippen molar-refractivity contribution in [2.45, 2.75) is 44.3 Å². The number of rotatable bonds is 7. The molecule has 1 aliphatic rings. The Hall–Kier alpha value is -2.00. The number of aromatic nitrogens is 2. The summed E-state index contributed by atoms with van der Waals surface area (Å²) in [4.78, 5) is 15.7. The number of nitrogens with zero attached hydrogens (tertiary/aromatic N) is 3. The molecule has 0 amide bonds. The average molecular weight is 543 g/mol. The monoisotopic (exact) mass is 541 g/mol. The molecule has 0 atom stereocenters. The van der Waals surface area contributed by atoms with E-state index in [2.05, 4.69) is 67.9 Å². The van der Waals surface area contributed by atoms with E-state index in [0.29, 0.717) is 12.1 Å². The van der Waals surface area contributed by atoms with Crippen molar-refractivity contribution in [1.29, 1.82) is 0 Å². The van der Waals surface area contributed by atoms with Gasteiger partial charge >= 0.3 is 0 Å². The third kappa shape index (κ3) is 5.40. The van der Waals surface area contributed by atoms with Crippen LogP contribution in [0.5, 0.6) is 0 Å². The predicted molar refractivity (Wildman–Crippen MR) is 146 cm³/mol. The van der Waals surface area contributed by atoms with E-state index < -0.39 is 0 Å². The molecular formula is C25H28BrN5S2. The summed E-state index contributed by atoms with van der Waals surface area (Å²) in [5.74, 6) is 1.70. The highest BCUT2D eigenvalue weighted by molar-refractivity contribution is 9.11. The highest BCUT2D eigenvalue weighted by atomic mass is 79.9. The van der Waals surface area contributed by atoms with Crippen LogP contribution < -0.4 is 15.5 Å². The van der Waals surface area contributed by atoms with Crippen molar-refractivity contribution in [3.8, 4) is 9.75 Å². The minimum atomic E-state index is 0.421. The van der Waals surface area contributed by atoms with Crippen molar-refractivity contribution in [3.05, 3.63) is 57.2 Å². The third-order valence-corrected chi connectivity index (χ3v) is 9.01. The number of fused-ring (bicyclic) bond motifs is 1. The fraction of sp³-hybridized carbons (Fsp3) is 0.360. The zero-order valence-electron chi connectivity index (χ0n) is 18.8. The molecule has 1 aromatic carbocycles. The highest BCUT2D eigenvalue weighted by Crippen LogP contribution is 2.35. The standard InChI is InChI=1S/C25H28BrN5S2/c1-31(2)24-19-5-3-4-6-20(19)29-25(30-24)28-17-9-7-16(8-10-17)27-15-18-11-12-21(32-18)22-13-14-23(26)33-22/h3-6,11-14,16-17,27H,7-10,15H2,1-2H3,(H,28,29,30)/t16-,17+. The summed E-state index contributed by atoms with van der Waals surface area (Å²) in [5.41, 5.74) is 0.985. The second-order valence-electron chi connectivity index (χ2n) is 8.73. The topological polar surface area (TPSA) is 53.1 Å². The Labute approximate surface area is 211 Å². The predicted octanol–water partition coefficient (Wildman–Crippen LogP) is 6.76. The number of benzene rings is 1. The maximum Gasteiger partial charge on any atom is 0.225 e. The Morgan fingerprint density at radius 1 is 0.909 bits per heavy atom.